The van der Waals surface area contributed by atoms with Crippen LogP contribution < -0.4 is 10.5 Å². The molecule has 0 radical (unpaired) electrons. The van der Waals surface area contributed by atoms with Crippen molar-refractivity contribution >= 4 is 16.0 Å². The summed E-state index contributed by atoms with van der Waals surface area (Å²) in [6.45, 7) is 3.74. The Morgan fingerprint density at radius 1 is 1.17 bits per heavy atom. The minimum Gasteiger partial charge on any atom is -0.478 e. The predicted octanol–water partition coefficient (Wildman–Crippen LogP) is 2.20. The highest BCUT2D eigenvalue weighted by Gasteiger charge is 2.19. The summed E-state index contributed by atoms with van der Waals surface area (Å²) in [6.07, 6.45) is 0. The Morgan fingerprint density at radius 3 is 2.46 bits per heavy atom. The predicted molar refractivity (Wildman–Crippen MR) is 92.2 cm³/mol. The van der Waals surface area contributed by atoms with E-state index in [1.807, 2.05) is 12.1 Å². The molecule has 0 aliphatic rings. The summed E-state index contributed by atoms with van der Waals surface area (Å²) in [5.41, 5.74) is 7.63. The Kier molecular flexibility index (Phi) is 5.38. The summed E-state index contributed by atoms with van der Waals surface area (Å²) in [4.78, 5) is 11.3. The number of hydrogen-bond acceptors (Lipinski definition) is 4. The van der Waals surface area contributed by atoms with Gasteiger partial charge >= 0.3 is 5.97 Å². The fourth-order valence-corrected chi connectivity index (χ4v) is 3.62. The fraction of sp³-hybridized carbons (Fsp3) is 0.235. The van der Waals surface area contributed by atoms with Crippen molar-refractivity contribution in [3.63, 3.8) is 0 Å². The average Bonchev–Trinajstić information content (AvgIpc) is 2.53. The number of carbonyl (C=O) groups is 1. The van der Waals surface area contributed by atoms with Gasteiger partial charge in [-0.2, -0.15) is 0 Å². The Hall–Kier alpha value is -2.22. The molecular weight excluding hydrogens is 328 g/mol. The summed E-state index contributed by atoms with van der Waals surface area (Å²) in [5.74, 6) is -1.19. The zero-order valence-electron chi connectivity index (χ0n) is 13.5. The molecule has 2 rings (SSSR count). The van der Waals surface area contributed by atoms with Gasteiger partial charge in [0, 0.05) is 12.6 Å². The fourth-order valence-electron chi connectivity index (χ4n) is 2.30. The first kappa shape index (κ1) is 18.1. The number of sulfonamides is 1. The van der Waals surface area contributed by atoms with Crippen LogP contribution in [0.4, 0.5) is 0 Å². The third-order valence-electron chi connectivity index (χ3n) is 3.35. The van der Waals surface area contributed by atoms with Gasteiger partial charge in [0.05, 0.1) is 10.5 Å². The molecular formula is C17H20N2O4S. The van der Waals surface area contributed by atoms with E-state index in [1.54, 1.807) is 26.0 Å². The topological polar surface area (TPSA) is 109 Å². The quantitative estimate of drug-likeness (QED) is 0.741. The van der Waals surface area contributed by atoms with Gasteiger partial charge in [-0.05, 0) is 54.8 Å². The molecule has 0 bridgehead atoms. The molecule has 0 amide bonds. The monoisotopic (exact) mass is 348 g/mol. The van der Waals surface area contributed by atoms with Crippen molar-refractivity contribution in [3.8, 4) is 11.1 Å². The van der Waals surface area contributed by atoms with E-state index in [-0.39, 0.29) is 16.5 Å². The maximum Gasteiger partial charge on any atom is 0.335 e. The zero-order chi connectivity index (χ0) is 17.9. The van der Waals surface area contributed by atoms with E-state index in [4.69, 9.17) is 5.73 Å². The van der Waals surface area contributed by atoms with Crippen LogP contribution in [0, 0.1) is 0 Å². The molecule has 128 valence electrons. The molecule has 7 heteroatoms. The highest BCUT2D eigenvalue weighted by Crippen LogP contribution is 2.26. The smallest absolute Gasteiger partial charge is 0.335 e. The first-order chi connectivity index (χ1) is 11.2. The number of benzene rings is 2. The van der Waals surface area contributed by atoms with E-state index in [0.29, 0.717) is 17.7 Å². The minimum atomic E-state index is -3.80. The molecule has 0 aliphatic carbocycles. The van der Waals surface area contributed by atoms with Crippen molar-refractivity contribution in [1.29, 1.82) is 0 Å². The lowest BCUT2D eigenvalue weighted by atomic mass is 10.0. The van der Waals surface area contributed by atoms with Gasteiger partial charge in [-0.25, -0.2) is 17.9 Å². The highest BCUT2D eigenvalue weighted by molar-refractivity contribution is 7.89. The molecule has 2 aromatic carbocycles. The number of nitrogens with one attached hydrogen (secondary N) is 1. The molecule has 2 aromatic rings. The van der Waals surface area contributed by atoms with Crippen LogP contribution >= 0.6 is 0 Å². The molecule has 0 saturated carbocycles. The molecule has 0 fully saturated rings. The van der Waals surface area contributed by atoms with Gasteiger partial charge in [0.25, 0.3) is 0 Å². The van der Waals surface area contributed by atoms with Crippen LogP contribution in [0.25, 0.3) is 11.1 Å². The molecule has 24 heavy (non-hydrogen) atoms. The summed E-state index contributed by atoms with van der Waals surface area (Å²) in [7, 11) is -3.80. The van der Waals surface area contributed by atoms with Crippen LogP contribution in [0.2, 0.25) is 0 Å². The second-order valence-corrected chi connectivity index (χ2v) is 7.45. The van der Waals surface area contributed by atoms with Crippen LogP contribution in [-0.4, -0.2) is 25.5 Å². The zero-order valence-corrected chi connectivity index (χ0v) is 14.3. The van der Waals surface area contributed by atoms with E-state index in [9.17, 15) is 18.3 Å². The first-order valence-electron chi connectivity index (χ1n) is 7.43. The lowest BCUT2D eigenvalue weighted by Gasteiger charge is -2.12. The molecule has 6 nitrogen and oxygen atoms in total. The lowest BCUT2D eigenvalue weighted by Crippen LogP contribution is -2.30. The van der Waals surface area contributed by atoms with E-state index in [0.717, 1.165) is 11.6 Å². The maximum atomic E-state index is 12.4. The van der Waals surface area contributed by atoms with Gasteiger partial charge in [-0.15, -0.1) is 0 Å². The first-order valence-corrected chi connectivity index (χ1v) is 8.91. The Bertz CT molecular complexity index is 861. The molecule has 0 spiro atoms. The normalized spacial score (nSPS) is 11.7. The van der Waals surface area contributed by atoms with Crippen LogP contribution in [0.3, 0.4) is 0 Å². The molecule has 0 heterocycles. The van der Waals surface area contributed by atoms with E-state index in [1.165, 1.54) is 12.1 Å². The maximum absolute atomic E-state index is 12.4. The molecule has 0 unspecified atom stereocenters. The van der Waals surface area contributed by atoms with Gasteiger partial charge in [0.15, 0.2) is 0 Å². The minimum absolute atomic E-state index is 0.0794. The molecule has 4 N–H and O–H groups in total. The standard InChI is InChI=1S/C17H20N2O4S/c1-11(2)19-24(22,23)16-8-14(7-15(9-16)17(20)21)13-5-3-4-12(6-13)10-18/h3-9,11,19H,10,18H2,1-2H3,(H,20,21). The number of carboxylic acids is 1. The molecule has 0 atom stereocenters. The largest absolute Gasteiger partial charge is 0.478 e. The van der Waals surface area contributed by atoms with Gasteiger partial charge in [0.2, 0.25) is 10.0 Å². The number of carboxylic acid groups (broad SMARTS) is 1. The Morgan fingerprint density at radius 2 is 1.88 bits per heavy atom. The molecule has 0 saturated heterocycles. The Labute approximate surface area is 141 Å². The number of rotatable bonds is 6. The van der Waals surface area contributed by atoms with Crippen LogP contribution in [0.1, 0.15) is 29.8 Å². The van der Waals surface area contributed by atoms with Crippen LogP contribution in [-0.2, 0) is 16.6 Å². The number of aromatic carboxylic acids is 1. The molecule has 0 aromatic heterocycles. The van der Waals surface area contributed by atoms with E-state index >= 15 is 0 Å². The van der Waals surface area contributed by atoms with Crippen LogP contribution in [0.15, 0.2) is 47.4 Å². The van der Waals surface area contributed by atoms with Crippen molar-refractivity contribution in [2.75, 3.05) is 0 Å². The lowest BCUT2D eigenvalue weighted by molar-refractivity contribution is 0.0696. The third kappa shape index (κ3) is 4.19. The summed E-state index contributed by atoms with van der Waals surface area (Å²) in [6, 6.07) is 11.0. The van der Waals surface area contributed by atoms with Gasteiger partial charge < -0.3 is 10.8 Å². The second kappa shape index (κ2) is 7.12. The summed E-state index contributed by atoms with van der Waals surface area (Å²) >= 11 is 0. The Balaban J connectivity index is 2.62. The SMILES string of the molecule is CC(C)NS(=O)(=O)c1cc(C(=O)O)cc(-c2cccc(CN)c2)c1. The summed E-state index contributed by atoms with van der Waals surface area (Å²) in [5, 5.41) is 9.29. The van der Waals surface area contributed by atoms with Crippen molar-refractivity contribution in [3.05, 3.63) is 53.6 Å². The van der Waals surface area contributed by atoms with Crippen molar-refractivity contribution in [1.82, 2.24) is 4.72 Å². The second-order valence-electron chi connectivity index (χ2n) is 5.73. The van der Waals surface area contributed by atoms with Crippen LogP contribution in [0.5, 0.6) is 0 Å². The van der Waals surface area contributed by atoms with E-state index in [2.05, 4.69) is 4.72 Å². The number of hydrogen-bond donors (Lipinski definition) is 3. The van der Waals surface area contributed by atoms with Gasteiger partial charge in [-0.3, -0.25) is 0 Å². The number of nitrogens with two attached hydrogens (primary N) is 1. The van der Waals surface area contributed by atoms with Gasteiger partial charge in [0.1, 0.15) is 0 Å². The van der Waals surface area contributed by atoms with Crippen molar-refractivity contribution in [2.45, 2.75) is 31.3 Å². The van der Waals surface area contributed by atoms with Gasteiger partial charge in [-0.1, -0.05) is 18.2 Å². The third-order valence-corrected chi connectivity index (χ3v) is 4.99. The highest BCUT2D eigenvalue weighted by atomic mass is 32.2. The summed E-state index contributed by atoms with van der Waals surface area (Å²) < 4.78 is 27.3. The molecule has 0 aliphatic heterocycles. The van der Waals surface area contributed by atoms with E-state index < -0.39 is 16.0 Å². The van der Waals surface area contributed by atoms with Crippen molar-refractivity contribution < 1.29 is 18.3 Å². The average molecular weight is 348 g/mol. The van der Waals surface area contributed by atoms with Crippen molar-refractivity contribution in [2.24, 2.45) is 5.73 Å².